The quantitative estimate of drug-likeness (QED) is 0.380. The average molecular weight is 531 g/mol. The number of nitrogens with one attached hydrogen (secondary N) is 1. The van der Waals surface area contributed by atoms with E-state index < -0.39 is 17.3 Å². The van der Waals surface area contributed by atoms with E-state index in [9.17, 15) is 9.59 Å². The van der Waals surface area contributed by atoms with Crippen molar-refractivity contribution in [2.45, 2.75) is 83.7 Å². The molecule has 0 saturated carbocycles. The summed E-state index contributed by atoms with van der Waals surface area (Å²) < 4.78 is 10.9. The van der Waals surface area contributed by atoms with Gasteiger partial charge in [-0.25, -0.2) is 14.6 Å². The van der Waals surface area contributed by atoms with Crippen LogP contribution in [0.1, 0.15) is 60.5 Å². The summed E-state index contributed by atoms with van der Waals surface area (Å²) in [5.74, 6) is 0.701. The molecule has 3 rings (SSSR count). The number of aromatic nitrogens is 1. The molecule has 1 atom stereocenters. The zero-order valence-electron chi connectivity index (χ0n) is 23.3. The fourth-order valence-electron chi connectivity index (χ4n) is 4.20. The van der Waals surface area contributed by atoms with E-state index in [0.29, 0.717) is 25.4 Å². The topological polar surface area (TPSA) is 84.0 Å². The fraction of sp³-hybridized carbons (Fsp3) is 0.607. The molecular weight excluding hydrogens is 488 g/mol. The van der Waals surface area contributed by atoms with Crippen molar-refractivity contribution in [3.05, 3.63) is 36.0 Å². The highest BCUT2D eigenvalue weighted by atomic mass is 32.2. The summed E-state index contributed by atoms with van der Waals surface area (Å²) in [7, 11) is 0. The Morgan fingerprint density at radius 3 is 2.51 bits per heavy atom. The Balaban J connectivity index is 1.58. The van der Waals surface area contributed by atoms with Crippen LogP contribution in [0.15, 0.2) is 35.5 Å². The maximum absolute atomic E-state index is 12.6. The van der Waals surface area contributed by atoms with Crippen molar-refractivity contribution in [3.8, 4) is 0 Å². The van der Waals surface area contributed by atoms with Crippen molar-refractivity contribution in [1.82, 2.24) is 20.1 Å². The van der Waals surface area contributed by atoms with Crippen LogP contribution in [0, 0.1) is 0 Å². The first-order valence-electron chi connectivity index (χ1n) is 13.0. The predicted octanol–water partition coefficient (Wildman–Crippen LogP) is 5.68. The van der Waals surface area contributed by atoms with Gasteiger partial charge in [-0.05, 0) is 78.0 Å². The number of pyridine rings is 1. The highest BCUT2D eigenvalue weighted by molar-refractivity contribution is 7.99. The predicted molar refractivity (Wildman–Crippen MR) is 149 cm³/mol. The highest BCUT2D eigenvalue weighted by Crippen LogP contribution is 2.27. The van der Waals surface area contributed by atoms with Crippen molar-refractivity contribution < 1.29 is 19.1 Å². The molecule has 0 radical (unpaired) electrons. The standard InChI is InChI=1S/C28H42N4O4S/c1-20-18-32(26(34)36-28(5,6)7)15-8-14-31(20)19-21-9-10-23-22(17-21)11-12-29-24(23)37-16-13-30-25(33)35-27(2,3)4/h9-12,17,20H,8,13-16,18-19H2,1-7H3,(H,30,33)/t20-/m0/s1. The summed E-state index contributed by atoms with van der Waals surface area (Å²) in [6.07, 6.45) is 2.12. The van der Waals surface area contributed by atoms with E-state index in [2.05, 4.69) is 40.3 Å². The van der Waals surface area contributed by atoms with Crippen molar-refractivity contribution in [3.63, 3.8) is 0 Å². The third-order valence-corrected chi connectivity index (χ3v) is 6.83. The van der Waals surface area contributed by atoms with Gasteiger partial charge in [-0.15, -0.1) is 11.8 Å². The Labute approximate surface area is 225 Å². The molecule has 1 fully saturated rings. The zero-order chi connectivity index (χ0) is 27.2. The number of thioether (sulfide) groups is 1. The lowest BCUT2D eigenvalue weighted by Crippen LogP contribution is -2.43. The SMILES string of the molecule is C[C@H]1CN(C(=O)OC(C)(C)C)CCCN1Cc1ccc2c(SCCNC(=O)OC(C)(C)C)nccc2c1. The van der Waals surface area contributed by atoms with E-state index in [1.54, 1.807) is 11.8 Å². The second-order valence-corrected chi connectivity index (χ2v) is 12.6. The lowest BCUT2D eigenvalue weighted by molar-refractivity contribution is 0.0234. The summed E-state index contributed by atoms with van der Waals surface area (Å²) >= 11 is 1.62. The summed E-state index contributed by atoms with van der Waals surface area (Å²) in [4.78, 5) is 33.3. The van der Waals surface area contributed by atoms with Crippen LogP contribution in [0.5, 0.6) is 0 Å². The van der Waals surface area contributed by atoms with E-state index in [0.717, 1.165) is 35.3 Å². The molecule has 9 heteroatoms. The first kappa shape index (κ1) is 29.0. The van der Waals surface area contributed by atoms with Crippen LogP contribution in [0.3, 0.4) is 0 Å². The van der Waals surface area contributed by atoms with Gasteiger partial charge in [0.1, 0.15) is 16.2 Å². The molecule has 2 aromatic rings. The number of nitrogens with zero attached hydrogens (tertiary/aromatic N) is 3. The molecule has 0 spiro atoms. The lowest BCUT2D eigenvalue weighted by Gasteiger charge is -2.30. The largest absolute Gasteiger partial charge is 0.444 e. The summed E-state index contributed by atoms with van der Waals surface area (Å²) in [6.45, 7) is 17.1. The number of benzene rings is 1. The molecule has 1 aromatic carbocycles. The number of hydrogen-bond acceptors (Lipinski definition) is 7. The minimum atomic E-state index is -0.505. The zero-order valence-corrected chi connectivity index (χ0v) is 24.1. The normalized spacial score (nSPS) is 17.4. The molecule has 0 aliphatic carbocycles. The van der Waals surface area contributed by atoms with Gasteiger partial charge in [-0.2, -0.15) is 0 Å². The number of carbonyl (C=O) groups excluding carboxylic acids is 2. The number of carbonyl (C=O) groups is 2. The fourth-order valence-corrected chi connectivity index (χ4v) is 5.07. The van der Waals surface area contributed by atoms with E-state index in [-0.39, 0.29) is 12.1 Å². The highest BCUT2D eigenvalue weighted by Gasteiger charge is 2.28. The van der Waals surface area contributed by atoms with Gasteiger partial charge in [0, 0.05) is 56.1 Å². The molecule has 1 N–H and O–H groups in total. The van der Waals surface area contributed by atoms with Crippen molar-refractivity contribution in [2.24, 2.45) is 0 Å². The molecule has 37 heavy (non-hydrogen) atoms. The van der Waals surface area contributed by atoms with Gasteiger partial charge in [-0.3, -0.25) is 4.90 Å². The number of alkyl carbamates (subject to hydrolysis) is 1. The number of rotatable bonds is 6. The third-order valence-electron chi connectivity index (χ3n) is 5.82. The molecule has 204 valence electrons. The first-order valence-corrected chi connectivity index (χ1v) is 14.0. The molecule has 1 aliphatic heterocycles. The Kier molecular flexibility index (Phi) is 9.69. The Morgan fingerprint density at radius 2 is 1.81 bits per heavy atom. The molecule has 0 unspecified atom stereocenters. The molecular formula is C28H42N4O4S. The molecule has 8 nitrogen and oxygen atoms in total. The molecule has 0 bridgehead atoms. The van der Waals surface area contributed by atoms with E-state index in [4.69, 9.17) is 9.47 Å². The Bertz CT molecular complexity index is 1080. The summed E-state index contributed by atoms with van der Waals surface area (Å²) in [5, 5.41) is 6.00. The summed E-state index contributed by atoms with van der Waals surface area (Å²) in [5.41, 5.74) is 0.242. The van der Waals surface area contributed by atoms with Gasteiger partial charge in [0.15, 0.2) is 0 Å². The van der Waals surface area contributed by atoms with Gasteiger partial charge in [0.2, 0.25) is 0 Å². The average Bonchev–Trinajstić information content (AvgIpc) is 2.96. The maximum Gasteiger partial charge on any atom is 0.410 e. The van der Waals surface area contributed by atoms with Crippen molar-refractivity contribution in [1.29, 1.82) is 0 Å². The molecule has 2 heterocycles. The maximum atomic E-state index is 12.6. The van der Waals surface area contributed by atoms with Gasteiger partial charge in [-0.1, -0.05) is 12.1 Å². The van der Waals surface area contributed by atoms with Crippen LogP contribution >= 0.6 is 11.8 Å². The van der Waals surface area contributed by atoms with Gasteiger partial charge >= 0.3 is 12.2 Å². The van der Waals surface area contributed by atoms with Crippen LogP contribution in [0.4, 0.5) is 9.59 Å². The smallest absolute Gasteiger partial charge is 0.410 e. The van der Waals surface area contributed by atoms with Gasteiger partial charge in [0.05, 0.1) is 0 Å². The minimum Gasteiger partial charge on any atom is -0.444 e. The Morgan fingerprint density at radius 1 is 1.08 bits per heavy atom. The minimum absolute atomic E-state index is 0.228. The second-order valence-electron chi connectivity index (χ2n) is 11.5. The van der Waals surface area contributed by atoms with Crippen molar-refractivity contribution in [2.75, 3.05) is 31.9 Å². The third kappa shape index (κ3) is 9.38. The van der Waals surface area contributed by atoms with E-state index >= 15 is 0 Å². The molecule has 1 aliphatic rings. The van der Waals surface area contributed by atoms with Crippen LogP contribution in [-0.2, 0) is 16.0 Å². The van der Waals surface area contributed by atoms with Crippen LogP contribution in [0.2, 0.25) is 0 Å². The molecule has 1 aromatic heterocycles. The first-order chi connectivity index (χ1) is 17.3. The van der Waals surface area contributed by atoms with Crippen LogP contribution in [0.25, 0.3) is 10.8 Å². The van der Waals surface area contributed by atoms with Crippen LogP contribution in [-0.4, -0.2) is 76.1 Å². The lowest BCUT2D eigenvalue weighted by atomic mass is 10.1. The van der Waals surface area contributed by atoms with Gasteiger partial charge in [0.25, 0.3) is 0 Å². The molecule has 1 saturated heterocycles. The van der Waals surface area contributed by atoms with E-state index in [1.807, 2.05) is 58.7 Å². The molecule has 2 amide bonds. The van der Waals surface area contributed by atoms with Gasteiger partial charge < -0.3 is 19.7 Å². The van der Waals surface area contributed by atoms with Crippen molar-refractivity contribution >= 4 is 34.7 Å². The number of hydrogen-bond donors (Lipinski definition) is 1. The monoisotopic (exact) mass is 530 g/mol. The number of amides is 2. The Hall–Kier alpha value is -2.52. The number of fused-ring (bicyclic) bond motifs is 1. The van der Waals surface area contributed by atoms with Crippen LogP contribution < -0.4 is 5.32 Å². The second kappa shape index (κ2) is 12.3. The summed E-state index contributed by atoms with van der Waals surface area (Å²) in [6, 6.07) is 8.79. The van der Waals surface area contributed by atoms with E-state index in [1.165, 1.54) is 5.56 Å². The number of ether oxygens (including phenoxy) is 2.